The number of hydrogen-bond acceptors (Lipinski definition) is 4. The third kappa shape index (κ3) is 5.33. The van der Waals surface area contributed by atoms with Crippen LogP contribution in [0, 0.1) is 0 Å². The molecule has 1 aliphatic heterocycles. The number of ether oxygens (including phenoxy) is 2. The van der Waals surface area contributed by atoms with E-state index in [1.54, 1.807) is 24.3 Å². The quantitative estimate of drug-likeness (QED) is 0.734. The van der Waals surface area contributed by atoms with Crippen LogP contribution in [-0.2, 0) is 9.53 Å². The van der Waals surface area contributed by atoms with Crippen LogP contribution in [0.15, 0.2) is 54.6 Å². The number of anilines is 1. The summed E-state index contributed by atoms with van der Waals surface area (Å²) in [4.78, 5) is 25.3. The van der Waals surface area contributed by atoms with Crippen LogP contribution in [-0.4, -0.2) is 37.2 Å². The second-order valence-electron chi connectivity index (χ2n) is 6.71. The van der Waals surface area contributed by atoms with Gasteiger partial charge in [0, 0.05) is 13.2 Å². The lowest BCUT2D eigenvalue weighted by atomic mass is 10.1. The normalized spacial score (nSPS) is 17.0. The zero-order valence-corrected chi connectivity index (χ0v) is 16.0. The van der Waals surface area contributed by atoms with Gasteiger partial charge in [-0.1, -0.05) is 37.3 Å². The van der Waals surface area contributed by atoms with Crippen molar-refractivity contribution in [2.24, 2.45) is 0 Å². The summed E-state index contributed by atoms with van der Waals surface area (Å²) in [6, 6.07) is 16.2. The second-order valence-corrected chi connectivity index (χ2v) is 6.71. The lowest BCUT2D eigenvalue weighted by Crippen LogP contribution is -2.35. The van der Waals surface area contributed by atoms with Gasteiger partial charge in [0.05, 0.1) is 17.4 Å². The predicted molar refractivity (Wildman–Crippen MR) is 108 cm³/mol. The van der Waals surface area contributed by atoms with Gasteiger partial charge in [-0.05, 0) is 43.5 Å². The minimum atomic E-state index is -0.648. The van der Waals surface area contributed by atoms with Gasteiger partial charge in [-0.2, -0.15) is 0 Å². The maximum absolute atomic E-state index is 12.7. The van der Waals surface area contributed by atoms with Crippen molar-refractivity contribution in [2.75, 3.05) is 18.5 Å². The van der Waals surface area contributed by atoms with E-state index in [1.165, 1.54) is 0 Å². The van der Waals surface area contributed by atoms with Crippen LogP contribution in [0.4, 0.5) is 5.69 Å². The van der Waals surface area contributed by atoms with Gasteiger partial charge in [0.2, 0.25) is 0 Å². The van der Waals surface area contributed by atoms with Crippen LogP contribution in [0.5, 0.6) is 5.75 Å². The molecule has 2 amide bonds. The Hall–Kier alpha value is -2.86. The number of carbonyl (C=O) groups is 2. The number of para-hydroxylation sites is 2. The summed E-state index contributed by atoms with van der Waals surface area (Å²) in [6.07, 6.45) is 1.90. The third-order valence-corrected chi connectivity index (χ3v) is 4.63. The standard InChI is InChI=1S/C22H26N2O4/c1-2-20(28-16-9-4-3-5-10-16)22(26)24-19-13-7-6-12-18(19)21(25)23-15-17-11-8-14-27-17/h3-7,9-10,12-13,17,20H,2,8,11,14-15H2,1H3,(H,23,25)(H,24,26). The van der Waals surface area contributed by atoms with Crippen molar-refractivity contribution in [3.63, 3.8) is 0 Å². The molecule has 0 spiro atoms. The first kappa shape index (κ1) is 19.9. The SMILES string of the molecule is CCC(Oc1ccccc1)C(=O)Nc1ccccc1C(=O)NCC1CCCO1. The molecule has 28 heavy (non-hydrogen) atoms. The Bertz CT molecular complexity index is 788. The minimum Gasteiger partial charge on any atom is -0.481 e. The first-order chi connectivity index (χ1) is 13.7. The monoisotopic (exact) mass is 382 g/mol. The molecule has 0 bridgehead atoms. The molecule has 2 N–H and O–H groups in total. The Kier molecular flexibility index (Phi) is 7.03. The minimum absolute atomic E-state index is 0.0643. The van der Waals surface area contributed by atoms with E-state index in [-0.39, 0.29) is 17.9 Å². The summed E-state index contributed by atoms with van der Waals surface area (Å²) >= 11 is 0. The number of hydrogen-bond donors (Lipinski definition) is 2. The molecule has 3 rings (SSSR count). The average molecular weight is 382 g/mol. The molecule has 2 aromatic carbocycles. The number of benzene rings is 2. The van der Waals surface area contributed by atoms with Gasteiger partial charge in [-0.25, -0.2) is 0 Å². The maximum atomic E-state index is 12.7. The Morgan fingerprint density at radius 3 is 2.61 bits per heavy atom. The second kappa shape index (κ2) is 9.90. The van der Waals surface area contributed by atoms with Crippen LogP contribution < -0.4 is 15.4 Å². The zero-order chi connectivity index (χ0) is 19.8. The van der Waals surface area contributed by atoms with Crippen LogP contribution in [0.2, 0.25) is 0 Å². The van der Waals surface area contributed by atoms with E-state index in [9.17, 15) is 9.59 Å². The number of amides is 2. The lowest BCUT2D eigenvalue weighted by Gasteiger charge is -2.18. The smallest absolute Gasteiger partial charge is 0.265 e. The summed E-state index contributed by atoms with van der Waals surface area (Å²) in [5, 5.41) is 5.73. The van der Waals surface area contributed by atoms with Gasteiger partial charge in [0.25, 0.3) is 11.8 Å². The van der Waals surface area contributed by atoms with Gasteiger partial charge >= 0.3 is 0 Å². The topological polar surface area (TPSA) is 76.7 Å². The number of carbonyl (C=O) groups excluding carboxylic acids is 2. The van der Waals surface area contributed by atoms with Crippen molar-refractivity contribution < 1.29 is 19.1 Å². The summed E-state index contributed by atoms with van der Waals surface area (Å²) < 4.78 is 11.3. The highest BCUT2D eigenvalue weighted by molar-refractivity contribution is 6.04. The van der Waals surface area contributed by atoms with Crippen LogP contribution in [0.1, 0.15) is 36.5 Å². The van der Waals surface area contributed by atoms with Gasteiger partial charge in [-0.3, -0.25) is 9.59 Å². The van der Waals surface area contributed by atoms with E-state index in [4.69, 9.17) is 9.47 Å². The van der Waals surface area contributed by atoms with E-state index in [2.05, 4.69) is 10.6 Å². The van der Waals surface area contributed by atoms with E-state index < -0.39 is 6.10 Å². The first-order valence-electron chi connectivity index (χ1n) is 9.68. The van der Waals surface area contributed by atoms with Gasteiger partial charge in [0.1, 0.15) is 5.75 Å². The van der Waals surface area contributed by atoms with Crippen LogP contribution >= 0.6 is 0 Å². The lowest BCUT2D eigenvalue weighted by molar-refractivity contribution is -0.122. The summed E-state index contributed by atoms with van der Waals surface area (Å²) in [5.74, 6) is 0.112. The molecule has 1 heterocycles. The summed E-state index contributed by atoms with van der Waals surface area (Å²) in [7, 11) is 0. The molecule has 2 aromatic rings. The van der Waals surface area contributed by atoms with Gasteiger partial charge in [0.15, 0.2) is 6.10 Å². The first-order valence-corrected chi connectivity index (χ1v) is 9.68. The van der Waals surface area contributed by atoms with E-state index in [1.807, 2.05) is 37.3 Å². The molecule has 0 aliphatic carbocycles. The van der Waals surface area contributed by atoms with E-state index in [0.717, 1.165) is 19.4 Å². The average Bonchev–Trinajstić information content (AvgIpc) is 3.25. The van der Waals surface area contributed by atoms with E-state index >= 15 is 0 Å². The van der Waals surface area contributed by atoms with Gasteiger partial charge < -0.3 is 20.1 Å². The fourth-order valence-electron chi connectivity index (χ4n) is 3.10. The van der Waals surface area contributed by atoms with Crippen molar-refractivity contribution >= 4 is 17.5 Å². The molecular weight excluding hydrogens is 356 g/mol. The van der Waals surface area contributed by atoms with Crippen molar-refractivity contribution in [3.05, 3.63) is 60.2 Å². The Morgan fingerprint density at radius 2 is 1.89 bits per heavy atom. The Labute approximate surface area is 165 Å². The largest absolute Gasteiger partial charge is 0.481 e. The summed E-state index contributed by atoms with van der Waals surface area (Å²) in [6.45, 7) is 3.09. The highest BCUT2D eigenvalue weighted by Gasteiger charge is 2.22. The molecule has 6 heteroatoms. The van der Waals surface area contributed by atoms with Crippen molar-refractivity contribution in [1.29, 1.82) is 0 Å². The Morgan fingerprint density at radius 1 is 1.14 bits per heavy atom. The third-order valence-electron chi connectivity index (χ3n) is 4.63. The maximum Gasteiger partial charge on any atom is 0.265 e. The molecule has 2 atom stereocenters. The molecule has 6 nitrogen and oxygen atoms in total. The summed E-state index contributed by atoms with van der Waals surface area (Å²) in [5.41, 5.74) is 0.885. The molecule has 1 aliphatic rings. The fraction of sp³-hybridized carbons (Fsp3) is 0.364. The Balaban J connectivity index is 1.64. The molecule has 0 saturated carbocycles. The predicted octanol–water partition coefficient (Wildman–Crippen LogP) is 3.39. The van der Waals surface area contributed by atoms with Crippen molar-refractivity contribution in [3.8, 4) is 5.75 Å². The van der Waals surface area contributed by atoms with Crippen molar-refractivity contribution in [2.45, 2.75) is 38.4 Å². The molecule has 0 aromatic heterocycles. The highest BCUT2D eigenvalue weighted by atomic mass is 16.5. The highest BCUT2D eigenvalue weighted by Crippen LogP contribution is 2.18. The molecule has 0 radical (unpaired) electrons. The number of rotatable bonds is 8. The van der Waals surface area contributed by atoms with Crippen LogP contribution in [0.25, 0.3) is 0 Å². The molecular formula is C22H26N2O4. The molecule has 1 saturated heterocycles. The van der Waals surface area contributed by atoms with E-state index in [0.29, 0.717) is 30.0 Å². The fourth-order valence-corrected chi connectivity index (χ4v) is 3.10. The zero-order valence-electron chi connectivity index (χ0n) is 16.0. The van der Waals surface area contributed by atoms with Crippen molar-refractivity contribution in [1.82, 2.24) is 5.32 Å². The van der Waals surface area contributed by atoms with Crippen LogP contribution in [0.3, 0.4) is 0 Å². The van der Waals surface area contributed by atoms with Gasteiger partial charge in [-0.15, -0.1) is 0 Å². The molecule has 148 valence electrons. The molecule has 2 unspecified atom stereocenters. The molecule has 1 fully saturated rings. The number of nitrogens with one attached hydrogen (secondary N) is 2.